The molecule has 1 fully saturated rings. The molecule has 3 aromatic rings. The van der Waals surface area contributed by atoms with Gasteiger partial charge in [-0.15, -0.1) is 0 Å². The van der Waals surface area contributed by atoms with E-state index in [-0.39, 0.29) is 5.91 Å². The smallest absolute Gasteiger partial charge is 0.222 e. The zero-order valence-electron chi connectivity index (χ0n) is 18.5. The van der Waals surface area contributed by atoms with Crippen molar-refractivity contribution in [2.24, 2.45) is 0 Å². The van der Waals surface area contributed by atoms with E-state index in [1.165, 1.54) is 10.9 Å². The van der Waals surface area contributed by atoms with E-state index in [9.17, 15) is 4.79 Å². The number of hydrogen-bond donors (Lipinski definition) is 0. The Morgan fingerprint density at radius 1 is 1.00 bits per heavy atom. The Kier molecular flexibility index (Phi) is 6.82. The van der Waals surface area contributed by atoms with E-state index in [2.05, 4.69) is 36.1 Å². The molecule has 0 bridgehead atoms. The largest absolute Gasteiger partial charge is 0.497 e. The number of benzene rings is 2. The molecule has 2 aromatic carbocycles. The molecule has 162 valence electrons. The number of nitrogens with zero attached hydrogens (tertiary/aromatic N) is 3. The summed E-state index contributed by atoms with van der Waals surface area (Å²) in [6.07, 6.45) is 2.26. The van der Waals surface area contributed by atoms with Gasteiger partial charge < -0.3 is 9.64 Å². The zero-order valence-corrected chi connectivity index (χ0v) is 18.5. The van der Waals surface area contributed by atoms with Crippen LogP contribution in [0.2, 0.25) is 0 Å². The molecule has 1 amide bonds. The molecule has 2 heterocycles. The molecule has 0 radical (unpaired) electrons. The number of carbonyl (C=O) groups excluding carboxylic acids is 1. The maximum absolute atomic E-state index is 12.7. The quantitative estimate of drug-likeness (QED) is 0.584. The van der Waals surface area contributed by atoms with Crippen molar-refractivity contribution in [3.05, 3.63) is 71.9 Å². The average molecular weight is 418 g/mol. The molecule has 0 aliphatic carbocycles. The molecule has 1 unspecified atom stereocenters. The van der Waals surface area contributed by atoms with Gasteiger partial charge in [0.05, 0.1) is 12.6 Å². The van der Waals surface area contributed by atoms with Crippen LogP contribution in [0.3, 0.4) is 0 Å². The molecule has 0 spiro atoms. The lowest BCUT2D eigenvalue weighted by Gasteiger charge is -2.38. The molecule has 0 saturated carbocycles. The Bertz CT molecular complexity index is 1010. The molecule has 1 atom stereocenters. The summed E-state index contributed by atoms with van der Waals surface area (Å²) in [4.78, 5) is 22.0. The highest BCUT2D eigenvalue weighted by Crippen LogP contribution is 2.17. The van der Waals surface area contributed by atoms with Crippen LogP contribution < -0.4 is 4.74 Å². The highest BCUT2D eigenvalue weighted by atomic mass is 16.5. The summed E-state index contributed by atoms with van der Waals surface area (Å²) in [5.41, 5.74) is 3.35. The van der Waals surface area contributed by atoms with Gasteiger partial charge in [-0.05, 0) is 43.2 Å². The fourth-order valence-corrected chi connectivity index (χ4v) is 4.27. The molecule has 31 heavy (non-hydrogen) atoms. The van der Waals surface area contributed by atoms with Crippen LogP contribution in [-0.2, 0) is 17.6 Å². The van der Waals surface area contributed by atoms with E-state index in [4.69, 9.17) is 9.72 Å². The van der Waals surface area contributed by atoms with Gasteiger partial charge in [0.25, 0.3) is 0 Å². The lowest BCUT2D eigenvalue weighted by atomic mass is 10.1. The number of piperazine rings is 1. The second kappa shape index (κ2) is 9.92. The van der Waals surface area contributed by atoms with Crippen molar-refractivity contribution in [1.82, 2.24) is 14.8 Å². The number of pyridine rings is 1. The van der Waals surface area contributed by atoms with E-state index >= 15 is 0 Å². The van der Waals surface area contributed by atoms with Crippen LogP contribution in [0.25, 0.3) is 10.9 Å². The Morgan fingerprint density at radius 3 is 2.48 bits per heavy atom. The van der Waals surface area contributed by atoms with Crippen LogP contribution in [0.4, 0.5) is 0 Å². The first-order chi connectivity index (χ1) is 15.1. The van der Waals surface area contributed by atoms with Gasteiger partial charge in [0.1, 0.15) is 5.75 Å². The molecule has 5 heteroatoms. The van der Waals surface area contributed by atoms with Crippen LogP contribution in [-0.4, -0.2) is 60.0 Å². The van der Waals surface area contributed by atoms with Gasteiger partial charge >= 0.3 is 0 Å². The number of amides is 1. The number of fused-ring (bicyclic) bond motifs is 1. The highest BCUT2D eigenvalue weighted by Gasteiger charge is 2.24. The maximum atomic E-state index is 12.7. The third kappa shape index (κ3) is 5.42. The van der Waals surface area contributed by atoms with Crippen LogP contribution in [0.5, 0.6) is 5.75 Å². The maximum Gasteiger partial charge on any atom is 0.222 e. The Hall–Kier alpha value is -2.92. The number of aryl methyl sites for hydroxylation is 1. The van der Waals surface area contributed by atoms with E-state index in [1.54, 1.807) is 7.11 Å². The van der Waals surface area contributed by atoms with Gasteiger partial charge in [-0.2, -0.15) is 0 Å². The highest BCUT2D eigenvalue weighted by molar-refractivity contribution is 5.78. The summed E-state index contributed by atoms with van der Waals surface area (Å²) >= 11 is 0. The number of methoxy groups -OCH3 is 1. The van der Waals surface area contributed by atoms with Gasteiger partial charge in [0.2, 0.25) is 5.91 Å². The van der Waals surface area contributed by atoms with Crippen LogP contribution >= 0.6 is 0 Å². The number of carbonyl (C=O) groups is 1. The topological polar surface area (TPSA) is 45.7 Å². The molecule has 4 rings (SSSR count). The minimum absolute atomic E-state index is 0.249. The second-order valence-corrected chi connectivity index (χ2v) is 8.31. The predicted octanol–water partition coefficient (Wildman–Crippen LogP) is 3.95. The molecule has 1 aliphatic heterocycles. The van der Waals surface area contributed by atoms with Crippen molar-refractivity contribution in [2.75, 3.05) is 33.3 Å². The third-order valence-corrected chi connectivity index (χ3v) is 6.24. The van der Waals surface area contributed by atoms with E-state index < -0.39 is 0 Å². The minimum atomic E-state index is 0.249. The van der Waals surface area contributed by atoms with E-state index in [0.29, 0.717) is 12.5 Å². The van der Waals surface area contributed by atoms with Crippen LogP contribution in [0.15, 0.2) is 60.7 Å². The first-order valence-electron chi connectivity index (χ1n) is 11.1. The van der Waals surface area contributed by atoms with Crippen molar-refractivity contribution >= 4 is 16.8 Å². The summed E-state index contributed by atoms with van der Waals surface area (Å²) in [5.74, 6) is 1.10. The van der Waals surface area contributed by atoms with Gasteiger partial charge in [-0.1, -0.05) is 36.4 Å². The van der Waals surface area contributed by atoms with E-state index in [1.807, 2.05) is 41.3 Å². The predicted molar refractivity (Wildman–Crippen MR) is 124 cm³/mol. The number of ether oxygens (including phenoxy) is 1. The number of para-hydroxylation sites is 1. The first kappa shape index (κ1) is 21.3. The van der Waals surface area contributed by atoms with Crippen molar-refractivity contribution in [3.63, 3.8) is 0 Å². The number of hydrogen-bond acceptors (Lipinski definition) is 4. The number of aromatic nitrogens is 1. The van der Waals surface area contributed by atoms with Gasteiger partial charge in [0.15, 0.2) is 0 Å². The Balaban J connectivity index is 1.24. The van der Waals surface area contributed by atoms with Gasteiger partial charge in [-0.3, -0.25) is 14.7 Å². The summed E-state index contributed by atoms with van der Waals surface area (Å²) < 4.78 is 5.19. The average Bonchev–Trinajstić information content (AvgIpc) is 2.83. The SMILES string of the molecule is COc1ccc(CCC(=O)N2CCN(C(C)Cc3ccc4ccccc4n3)CC2)cc1. The molecule has 1 aliphatic rings. The van der Waals surface area contributed by atoms with Crippen LogP contribution in [0, 0.1) is 0 Å². The lowest BCUT2D eigenvalue weighted by molar-refractivity contribution is -0.133. The molecular weight excluding hydrogens is 386 g/mol. The molecule has 1 saturated heterocycles. The van der Waals surface area contributed by atoms with Crippen molar-refractivity contribution in [1.29, 1.82) is 0 Å². The summed E-state index contributed by atoms with van der Waals surface area (Å²) in [7, 11) is 1.66. The van der Waals surface area contributed by atoms with Crippen molar-refractivity contribution in [2.45, 2.75) is 32.2 Å². The summed E-state index contributed by atoms with van der Waals surface area (Å²) in [6.45, 7) is 5.71. The first-order valence-corrected chi connectivity index (χ1v) is 11.1. The fourth-order valence-electron chi connectivity index (χ4n) is 4.27. The van der Waals surface area contributed by atoms with Crippen LogP contribution in [0.1, 0.15) is 24.6 Å². The molecule has 1 aromatic heterocycles. The Labute approximate surface area is 184 Å². The fraction of sp³-hybridized carbons (Fsp3) is 0.385. The molecule has 0 N–H and O–H groups in total. The van der Waals surface area contributed by atoms with Crippen molar-refractivity contribution in [3.8, 4) is 5.75 Å². The zero-order chi connectivity index (χ0) is 21.6. The molecular formula is C26H31N3O2. The van der Waals surface area contributed by atoms with E-state index in [0.717, 1.165) is 56.0 Å². The normalized spacial score (nSPS) is 15.7. The molecule has 5 nitrogen and oxygen atoms in total. The standard InChI is InChI=1S/C26H31N3O2/c1-20(19-23-11-10-22-5-3-4-6-25(22)27-23)28-15-17-29(18-16-28)26(30)14-9-21-7-12-24(31-2)13-8-21/h3-8,10-13,20H,9,14-19H2,1-2H3. The third-order valence-electron chi connectivity index (χ3n) is 6.24. The minimum Gasteiger partial charge on any atom is -0.497 e. The number of rotatable bonds is 7. The lowest BCUT2D eigenvalue weighted by Crippen LogP contribution is -2.51. The van der Waals surface area contributed by atoms with Gasteiger partial charge in [0, 0.05) is 56.1 Å². The summed E-state index contributed by atoms with van der Waals surface area (Å²) in [6, 6.07) is 20.9. The Morgan fingerprint density at radius 2 is 1.74 bits per heavy atom. The summed E-state index contributed by atoms with van der Waals surface area (Å²) in [5, 5.41) is 1.18. The van der Waals surface area contributed by atoms with Gasteiger partial charge in [-0.25, -0.2) is 0 Å². The van der Waals surface area contributed by atoms with Crippen molar-refractivity contribution < 1.29 is 9.53 Å². The monoisotopic (exact) mass is 417 g/mol. The second-order valence-electron chi connectivity index (χ2n) is 8.31.